The summed E-state index contributed by atoms with van der Waals surface area (Å²) in [6.07, 6.45) is 1.91. The number of piperidine rings is 1. The third-order valence-electron chi connectivity index (χ3n) is 3.41. The van der Waals surface area contributed by atoms with Crippen LogP contribution in [0.4, 0.5) is 4.79 Å². The Morgan fingerprint density at radius 1 is 1.60 bits per heavy atom. The Balaban J connectivity index is 1.95. The minimum absolute atomic E-state index is 0.180. The molecule has 1 amide bonds. The Labute approximate surface area is 90.8 Å². The van der Waals surface area contributed by atoms with Crippen molar-refractivity contribution in [3.8, 4) is 0 Å². The molecule has 1 saturated carbocycles. The minimum Gasteiger partial charge on any atom is -0.444 e. The molecule has 0 spiro atoms. The molecule has 1 saturated heterocycles. The molecule has 2 N–H and O–H groups in total. The van der Waals surface area contributed by atoms with E-state index < -0.39 is 5.60 Å². The molecule has 4 nitrogen and oxygen atoms in total. The summed E-state index contributed by atoms with van der Waals surface area (Å²) in [5, 5.41) is 0. The van der Waals surface area contributed by atoms with Gasteiger partial charge in [0.25, 0.3) is 0 Å². The molecule has 2 rings (SSSR count). The zero-order valence-corrected chi connectivity index (χ0v) is 9.75. The monoisotopic (exact) mass is 212 g/mol. The van der Waals surface area contributed by atoms with Gasteiger partial charge in [-0.15, -0.1) is 0 Å². The van der Waals surface area contributed by atoms with Crippen molar-refractivity contribution < 1.29 is 9.53 Å². The molecule has 1 aliphatic heterocycles. The van der Waals surface area contributed by atoms with Crippen LogP contribution in [0.3, 0.4) is 0 Å². The van der Waals surface area contributed by atoms with Crippen molar-refractivity contribution in [2.75, 3.05) is 13.1 Å². The molecule has 2 fully saturated rings. The van der Waals surface area contributed by atoms with E-state index in [-0.39, 0.29) is 11.5 Å². The zero-order valence-electron chi connectivity index (χ0n) is 9.75. The van der Waals surface area contributed by atoms with E-state index in [0.717, 1.165) is 19.4 Å². The molecule has 2 aliphatic rings. The van der Waals surface area contributed by atoms with Crippen molar-refractivity contribution >= 4 is 6.09 Å². The van der Waals surface area contributed by atoms with E-state index >= 15 is 0 Å². The third-order valence-corrected chi connectivity index (χ3v) is 3.41. The Morgan fingerprint density at radius 2 is 2.27 bits per heavy atom. The fraction of sp³-hybridized carbons (Fsp3) is 0.909. The van der Waals surface area contributed by atoms with Crippen LogP contribution in [0.25, 0.3) is 0 Å². The summed E-state index contributed by atoms with van der Waals surface area (Å²) in [5.41, 5.74) is 5.55. The SMILES string of the molecule is CC(C)(C)OC(=O)N1CCC2(CN)CC12. The lowest BCUT2D eigenvalue weighted by atomic mass is 10.1. The van der Waals surface area contributed by atoms with Gasteiger partial charge in [0, 0.05) is 24.5 Å². The Bertz CT molecular complexity index is 285. The lowest BCUT2D eigenvalue weighted by molar-refractivity contribution is 0.0262. The topological polar surface area (TPSA) is 55.6 Å². The standard InChI is InChI=1S/C11H20N2O2/c1-10(2,3)15-9(14)13-5-4-11(7-12)6-8(11)13/h8H,4-7,12H2,1-3H3. The van der Waals surface area contributed by atoms with Gasteiger partial charge in [-0.05, 0) is 33.6 Å². The largest absolute Gasteiger partial charge is 0.444 e. The van der Waals surface area contributed by atoms with E-state index in [2.05, 4.69) is 0 Å². The first kappa shape index (κ1) is 10.7. The van der Waals surface area contributed by atoms with Crippen LogP contribution in [0.1, 0.15) is 33.6 Å². The summed E-state index contributed by atoms with van der Waals surface area (Å²) >= 11 is 0. The van der Waals surface area contributed by atoms with Gasteiger partial charge in [-0.25, -0.2) is 4.79 Å². The highest BCUT2D eigenvalue weighted by molar-refractivity contribution is 5.70. The molecule has 2 unspecified atom stereocenters. The van der Waals surface area contributed by atoms with Crippen LogP contribution in [0, 0.1) is 5.41 Å². The maximum atomic E-state index is 11.8. The van der Waals surface area contributed by atoms with Gasteiger partial charge in [-0.3, -0.25) is 0 Å². The average Bonchev–Trinajstić information content (AvgIpc) is 2.70. The first-order valence-electron chi connectivity index (χ1n) is 5.58. The van der Waals surface area contributed by atoms with Gasteiger partial charge < -0.3 is 15.4 Å². The van der Waals surface area contributed by atoms with Gasteiger partial charge in [-0.2, -0.15) is 0 Å². The number of amides is 1. The molecule has 1 aliphatic carbocycles. The fourth-order valence-corrected chi connectivity index (χ4v) is 2.40. The van der Waals surface area contributed by atoms with Crippen LogP contribution >= 0.6 is 0 Å². The highest BCUT2D eigenvalue weighted by Crippen LogP contribution is 2.56. The van der Waals surface area contributed by atoms with Crippen molar-refractivity contribution in [1.29, 1.82) is 0 Å². The minimum atomic E-state index is -0.403. The van der Waals surface area contributed by atoms with Crippen molar-refractivity contribution in [1.82, 2.24) is 4.90 Å². The van der Waals surface area contributed by atoms with Gasteiger partial charge in [0.1, 0.15) is 5.60 Å². The van der Waals surface area contributed by atoms with Crippen LogP contribution in [-0.4, -0.2) is 35.7 Å². The molecule has 1 heterocycles. The van der Waals surface area contributed by atoms with E-state index in [0.29, 0.717) is 12.6 Å². The normalized spacial score (nSPS) is 33.9. The van der Waals surface area contributed by atoms with Gasteiger partial charge in [-0.1, -0.05) is 0 Å². The van der Waals surface area contributed by atoms with Crippen molar-refractivity contribution in [2.24, 2.45) is 11.1 Å². The number of hydrogen-bond acceptors (Lipinski definition) is 3. The number of hydrogen-bond donors (Lipinski definition) is 1. The van der Waals surface area contributed by atoms with E-state index in [1.165, 1.54) is 0 Å². The number of nitrogens with zero attached hydrogens (tertiary/aromatic N) is 1. The second kappa shape index (κ2) is 3.11. The summed E-state index contributed by atoms with van der Waals surface area (Å²) in [4.78, 5) is 13.7. The van der Waals surface area contributed by atoms with E-state index in [9.17, 15) is 4.79 Å². The predicted molar refractivity (Wildman–Crippen MR) is 57.4 cm³/mol. The first-order chi connectivity index (χ1) is 6.88. The number of rotatable bonds is 1. The number of ether oxygens (including phenoxy) is 1. The highest BCUT2D eigenvalue weighted by Gasteiger charge is 2.62. The quantitative estimate of drug-likeness (QED) is 0.713. The summed E-state index contributed by atoms with van der Waals surface area (Å²) < 4.78 is 5.35. The first-order valence-corrected chi connectivity index (χ1v) is 5.58. The Morgan fingerprint density at radius 3 is 2.67 bits per heavy atom. The van der Waals surface area contributed by atoms with Gasteiger partial charge >= 0.3 is 6.09 Å². The lowest BCUT2D eigenvalue weighted by Gasteiger charge is -2.25. The molecule has 4 heteroatoms. The summed E-state index contributed by atoms with van der Waals surface area (Å²) in [6.45, 7) is 7.17. The molecule has 86 valence electrons. The number of likely N-dealkylation sites (tertiary alicyclic amines) is 1. The fourth-order valence-electron chi connectivity index (χ4n) is 2.40. The molecule has 0 bridgehead atoms. The molecule has 0 aromatic rings. The van der Waals surface area contributed by atoms with Crippen molar-refractivity contribution in [2.45, 2.75) is 45.3 Å². The van der Waals surface area contributed by atoms with E-state index in [1.54, 1.807) is 0 Å². The van der Waals surface area contributed by atoms with Crippen molar-refractivity contribution in [3.05, 3.63) is 0 Å². The Kier molecular flexibility index (Phi) is 2.23. The summed E-state index contributed by atoms with van der Waals surface area (Å²) in [7, 11) is 0. The van der Waals surface area contributed by atoms with Gasteiger partial charge in [0.15, 0.2) is 0 Å². The van der Waals surface area contributed by atoms with Crippen molar-refractivity contribution in [3.63, 3.8) is 0 Å². The summed E-state index contributed by atoms with van der Waals surface area (Å²) in [6, 6.07) is 0.345. The second-order valence-corrected chi connectivity index (χ2v) is 5.71. The molecular formula is C11H20N2O2. The molecule has 0 radical (unpaired) electrons. The number of carbonyl (C=O) groups excluding carboxylic acids is 1. The lowest BCUT2D eigenvalue weighted by Crippen LogP contribution is -2.37. The second-order valence-electron chi connectivity index (χ2n) is 5.71. The highest BCUT2D eigenvalue weighted by atomic mass is 16.6. The predicted octanol–water partition coefficient (Wildman–Crippen LogP) is 1.34. The van der Waals surface area contributed by atoms with Gasteiger partial charge in [0.05, 0.1) is 0 Å². The molecule has 0 aromatic heterocycles. The number of carbonyl (C=O) groups is 1. The molecule has 15 heavy (non-hydrogen) atoms. The maximum Gasteiger partial charge on any atom is 0.410 e. The molecule has 0 aromatic carbocycles. The Hall–Kier alpha value is -0.770. The van der Waals surface area contributed by atoms with E-state index in [4.69, 9.17) is 10.5 Å². The van der Waals surface area contributed by atoms with E-state index in [1.807, 2.05) is 25.7 Å². The average molecular weight is 212 g/mol. The number of fused-ring (bicyclic) bond motifs is 1. The maximum absolute atomic E-state index is 11.8. The van der Waals surface area contributed by atoms with Crippen LogP contribution in [-0.2, 0) is 4.74 Å². The van der Waals surface area contributed by atoms with Crippen LogP contribution in [0.15, 0.2) is 0 Å². The smallest absolute Gasteiger partial charge is 0.410 e. The van der Waals surface area contributed by atoms with Crippen LogP contribution in [0.2, 0.25) is 0 Å². The summed E-state index contributed by atoms with van der Waals surface area (Å²) in [5.74, 6) is 0. The zero-order chi connectivity index (χ0) is 11.3. The third kappa shape index (κ3) is 1.83. The molecule has 2 atom stereocenters. The number of nitrogens with two attached hydrogens (primary N) is 1. The van der Waals surface area contributed by atoms with Gasteiger partial charge in [0.2, 0.25) is 0 Å². The molecular weight excluding hydrogens is 192 g/mol. The van der Waals surface area contributed by atoms with Crippen LogP contribution in [0.5, 0.6) is 0 Å². The van der Waals surface area contributed by atoms with Crippen LogP contribution < -0.4 is 5.73 Å².